The SMILES string of the molecule is O=c1[nH]c(NCc2ccccc2N2CCCCC2)nc2c1cnn2-c1ccccc1. The number of nitrogens with one attached hydrogen (secondary N) is 2. The molecule has 1 fully saturated rings. The van der Waals surface area contributed by atoms with Crippen molar-refractivity contribution in [3.05, 3.63) is 76.7 Å². The summed E-state index contributed by atoms with van der Waals surface area (Å²) in [6, 6.07) is 18.1. The molecule has 0 radical (unpaired) electrons. The zero-order chi connectivity index (χ0) is 20.3. The molecular formula is C23H24N6O. The highest BCUT2D eigenvalue weighted by Gasteiger charge is 2.15. The Morgan fingerprint density at radius 3 is 2.57 bits per heavy atom. The summed E-state index contributed by atoms with van der Waals surface area (Å²) >= 11 is 0. The molecule has 0 atom stereocenters. The van der Waals surface area contributed by atoms with E-state index in [9.17, 15) is 4.79 Å². The van der Waals surface area contributed by atoms with Gasteiger partial charge in [0.2, 0.25) is 5.95 Å². The summed E-state index contributed by atoms with van der Waals surface area (Å²) in [6.07, 6.45) is 5.33. The average Bonchev–Trinajstić information content (AvgIpc) is 3.24. The third kappa shape index (κ3) is 3.54. The van der Waals surface area contributed by atoms with Crippen molar-refractivity contribution in [1.82, 2.24) is 19.7 Å². The van der Waals surface area contributed by atoms with Crippen LogP contribution in [-0.4, -0.2) is 32.8 Å². The van der Waals surface area contributed by atoms with Crippen molar-refractivity contribution in [3.63, 3.8) is 0 Å². The number of H-pyrrole nitrogens is 1. The Morgan fingerprint density at radius 1 is 0.967 bits per heavy atom. The lowest BCUT2D eigenvalue weighted by molar-refractivity contribution is 0.576. The number of piperidine rings is 1. The van der Waals surface area contributed by atoms with Gasteiger partial charge in [-0.2, -0.15) is 10.1 Å². The van der Waals surface area contributed by atoms with E-state index in [1.54, 1.807) is 10.9 Å². The van der Waals surface area contributed by atoms with Crippen LogP contribution in [0.3, 0.4) is 0 Å². The lowest BCUT2D eigenvalue weighted by Crippen LogP contribution is -2.30. The van der Waals surface area contributed by atoms with E-state index in [2.05, 4.69) is 43.5 Å². The van der Waals surface area contributed by atoms with E-state index in [0.29, 0.717) is 23.5 Å². The molecule has 0 aliphatic carbocycles. The minimum Gasteiger partial charge on any atom is -0.371 e. The average molecular weight is 400 g/mol. The number of nitrogens with zero attached hydrogens (tertiary/aromatic N) is 4. The van der Waals surface area contributed by atoms with E-state index in [4.69, 9.17) is 0 Å². The summed E-state index contributed by atoms with van der Waals surface area (Å²) < 4.78 is 1.69. The van der Waals surface area contributed by atoms with Crippen LogP contribution in [0.25, 0.3) is 16.7 Å². The van der Waals surface area contributed by atoms with E-state index in [1.165, 1.54) is 30.5 Å². The Balaban J connectivity index is 1.44. The molecule has 0 bridgehead atoms. The van der Waals surface area contributed by atoms with Crippen molar-refractivity contribution in [2.24, 2.45) is 0 Å². The molecule has 7 nitrogen and oxygen atoms in total. The molecule has 1 aliphatic heterocycles. The van der Waals surface area contributed by atoms with Gasteiger partial charge in [0.25, 0.3) is 5.56 Å². The number of benzene rings is 2. The van der Waals surface area contributed by atoms with Crippen LogP contribution in [0.1, 0.15) is 24.8 Å². The number of hydrogen-bond donors (Lipinski definition) is 2. The van der Waals surface area contributed by atoms with Crippen LogP contribution in [0.5, 0.6) is 0 Å². The first kappa shape index (κ1) is 18.4. The second-order valence-corrected chi connectivity index (χ2v) is 7.57. The van der Waals surface area contributed by atoms with Crippen LogP contribution < -0.4 is 15.8 Å². The van der Waals surface area contributed by atoms with Crippen LogP contribution in [0.15, 0.2) is 65.6 Å². The van der Waals surface area contributed by atoms with E-state index >= 15 is 0 Å². The molecule has 1 saturated heterocycles. The van der Waals surface area contributed by atoms with Gasteiger partial charge in [-0.3, -0.25) is 9.78 Å². The predicted molar refractivity (Wildman–Crippen MR) is 119 cm³/mol. The second kappa shape index (κ2) is 8.02. The third-order valence-corrected chi connectivity index (χ3v) is 5.57. The van der Waals surface area contributed by atoms with Gasteiger partial charge in [0.05, 0.1) is 11.9 Å². The highest BCUT2D eigenvalue weighted by atomic mass is 16.1. The molecule has 0 amide bonds. The number of anilines is 2. The number of aromatic nitrogens is 4. The van der Waals surface area contributed by atoms with E-state index in [0.717, 1.165) is 18.8 Å². The Morgan fingerprint density at radius 2 is 1.73 bits per heavy atom. The van der Waals surface area contributed by atoms with Crippen molar-refractivity contribution < 1.29 is 0 Å². The molecule has 2 N–H and O–H groups in total. The maximum absolute atomic E-state index is 12.6. The zero-order valence-electron chi connectivity index (χ0n) is 16.7. The minimum atomic E-state index is -0.200. The number of para-hydroxylation sites is 2. The molecule has 1 aliphatic rings. The molecule has 3 heterocycles. The van der Waals surface area contributed by atoms with Gasteiger partial charge in [-0.05, 0) is 43.0 Å². The van der Waals surface area contributed by atoms with Gasteiger partial charge in [0, 0.05) is 25.3 Å². The standard InChI is InChI=1S/C23H24N6O/c30-22-19-16-25-29(18-10-3-1-4-11-18)21(19)26-23(27-22)24-15-17-9-5-6-12-20(17)28-13-7-2-8-14-28/h1,3-6,9-12,16H,2,7-8,13-15H2,(H2,24,26,27,30). The summed E-state index contributed by atoms with van der Waals surface area (Å²) in [7, 11) is 0. The smallest absolute Gasteiger partial charge is 0.263 e. The fraction of sp³-hybridized carbons (Fsp3) is 0.261. The third-order valence-electron chi connectivity index (χ3n) is 5.57. The largest absolute Gasteiger partial charge is 0.371 e. The van der Waals surface area contributed by atoms with Crippen molar-refractivity contribution in [2.75, 3.05) is 23.3 Å². The first-order valence-electron chi connectivity index (χ1n) is 10.4. The van der Waals surface area contributed by atoms with Crippen LogP contribution in [0, 0.1) is 0 Å². The molecule has 7 heteroatoms. The Kier molecular flexibility index (Phi) is 4.93. The van der Waals surface area contributed by atoms with Crippen molar-refractivity contribution >= 4 is 22.7 Å². The van der Waals surface area contributed by atoms with Gasteiger partial charge >= 0.3 is 0 Å². The summed E-state index contributed by atoms with van der Waals surface area (Å²) in [5, 5.41) is 8.14. The monoisotopic (exact) mass is 400 g/mol. The summed E-state index contributed by atoms with van der Waals surface area (Å²) in [5.74, 6) is 0.443. The molecule has 0 unspecified atom stereocenters. The van der Waals surface area contributed by atoms with Gasteiger partial charge in [-0.25, -0.2) is 4.68 Å². The second-order valence-electron chi connectivity index (χ2n) is 7.57. The zero-order valence-corrected chi connectivity index (χ0v) is 16.7. The quantitative estimate of drug-likeness (QED) is 0.534. The topological polar surface area (TPSA) is 78.8 Å². The predicted octanol–water partition coefficient (Wildman–Crippen LogP) is 3.71. The Hall–Kier alpha value is -3.61. The molecule has 152 valence electrons. The van der Waals surface area contributed by atoms with Gasteiger partial charge in [-0.15, -0.1) is 0 Å². The molecule has 30 heavy (non-hydrogen) atoms. The van der Waals surface area contributed by atoms with Crippen LogP contribution in [0.4, 0.5) is 11.6 Å². The number of fused-ring (bicyclic) bond motifs is 1. The van der Waals surface area contributed by atoms with Crippen LogP contribution >= 0.6 is 0 Å². The first-order chi connectivity index (χ1) is 14.8. The minimum absolute atomic E-state index is 0.200. The normalized spacial score (nSPS) is 14.2. The Labute approximate surface area is 174 Å². The first-order valence-corrected chi connectivity index (χ1v) is 10.4. The number of aromatic amines is 1. The van der Waals surface area contributed by atoms with Crippen molar-refractivity contribution in [1.29, 1.82) is 0 Å². The van der Waals surface area contributed by atoms with Crippen LogP contribution in [0.2, 0.25) is 0 Å². The molecule has 2 aromatic carbocycles. The maximum atomic E-state index is 12.6. The number of rotatable bonds is 5. The molecule has 2 aromatic heterocycles. The van der Waals surface area contributed by atoms with Crippen molar-refractivity contribution in [3.8, 4) is 5.69 Å². The molecule has 4 aromatic rings. The van der Waals surface area contributed by atoms with E-state index < -0.39 is 0 Å². The lowest BCUT2D eigenvalue weighted by Gasteiger charge is -2.30. The van der Waals surface area contributed by atoms with Gasteiger partial charge in [0.15, 0.2) is 5.65 Å². The van der Waals surface area contributed by atoms with Crippen LogP contribution in [-0.2, 0) is 6.54 Å². The molecule has 0 spiro atoms. The summed E-state index contributed by atoms with van der Waals surface area (Å²) in [5.41, 5.74) is 3.65. The van der Waals surface area contributed by atoms with E-state index in [-0.39, 0.29) is 5.56 Å². The highest BCUT2D eigenvalue weighted by Crippen LogP contribution is 2.24. The van der Waals surface area contributed by atoms with Gasteiger partial charge < -0.3 is 10.2 Å². The molecule has 5 rings (SSSR count). The van der Waals surface area contributed by atoms with Gasteiger partial charge in [0.1, 0.15) is 5.39 Å². The highest BCUT2D eigenvalue weighted by molar-refractivity contribution is 5.76. The molecule has 0 saturated carbocycles. The molecular weight excluding hydrogens is 376 g/mol. The van der Waals surface area contributed by atoms with Crippen molar-refractivity contribution in [2.45, 2.75) is 25.8 Å². The maximum Gasteiger partial charge on any atom is 0.263 e. The Bertz CT molecular complexity index is 1210. The fourth-order valence-electron chi connectivity index (χ4n) is 4.04. The van der Waals surface area contributed by atoms with E-state index in [1.807, 2.05) is 36.4 Å². The number of hydrogen-bond acceptors (Lipinski definition) is 5. The summed E-state index contributed by atoms with van der Waals surface area (Å²) in [4.78, 5) is 22.5. The van der Waals surface area contributed by atoms with Gasteiger partial charge in [-0.1, -0.05) is 36.4 Å². The summed E-state index contributed by atoms with van der Waals surface area (Å²) in [6.45, 7) is 2.77. The fourth-order valence-corrected chi connectivity index (χ4v) is 4.04. The lowest BCUT2D eigenvalue weighted by atomic mass is 10.1.